The van der Waals surface area contributed by atoms with Crippen LogP contribution in [0.3, 0.4) is 0 Å². The number of rotatable bonds is 4. The fourth-order valence-electron chi connectivity index (χ4n) is 2.25. The maximum Gasteiger partial charge on any atom is 0.282 e. The van der Waals surface area contributed by atoms with Gasteiger partial charge in [0.1, 0.15) is 0 Å². The normalized spacial score (nSPS) is 28.6. The molecule has 1 saturated heterocycles. The van der Waals surface area contributed by atoms with Gasteiger partial charge in [-0.05, 0) is 13.8 Å². The van der Waals surface area contributed by atoms with Gasteiger partial charge in [0.2, 0.25) is 0 Å². The van der Waals surface area contributed by atoms with Crippen LogP contribution in [0.4, 0.5) is 0 Å². The molecule has 6 heteroatoms. The molecule has 0 spiro atoms. The SMILES string of the molecule is CCN(CC)S(=O)(=O)N1C(C)CNCC1C. The Kier molecular flexibility index (Phi) is 4.73. The molecule has 1 aliphatic heterocycles. The highest BCUT2D eigenvalue weighted by Gasteiger charge is 2.37. The Labute approximate surface area is 99.0 Å². The molecule has 0 saturated carbocycles. The Hall–Kier alpha value is -0.170. The summed E-state index contributed by atoms with van der Waals surface area (Å²) in [6.07, 6.45) is 0. The van der Waals surface area contributed by atoms with E-state index in [-0.39, 0.29) is 12.1 Å². The minimum Gasteiger partial charge on any atom is -0.314 e. The summed E-state index contributed by atoms with van der Waals surface area (Å²) in [7, 11) is -3.30. The van der Waals surface area contributed by atoms with Crippen LogP contribution in [0.1, 0.15) is 27.7 Å². The minimum atomic E-state index is -3.30. The molecular formula is C10H23N3O2S. The fourth-order valence-corrected chi connectivity index (χ4v) is 4.23. The number of hydrogen-bond acceptors (Lipinski definition) is 3. The second kappa shape index (κ2) is 5.44. The zero-order chi connectivity index (χ0) is 12.3. The van der Waals surface area contributed by atoms with Crippen LogP contribution in [-0.2, 0) is 10.2 Å². The van der Waals surface area contributed by atoms with E-state index >= 15 is 0 Å². The zero-order valence-corrected chi connectivity index (χ0v) is 11.4. The first kappa shape index (κ1) is 13.9. The Morgan fingerprint density at radius 1 is 1.19 bits per heavy atom. The fraction of sp³-hybridized carbons (Fsp3) is 1.00. The lowest BCUT2D eigenvalue weighted by Crippen LogP contribution is -2.60. The molecule has 1 heterocycles. The molecule has 96 valence electrons. The second-order valence-electron chi connectivity index (χ2n) is 4.28. The highest BCUT2D eigenvalue weighted by atomic mass is 32.2. The van der Waals surface area contributed by atoms with Gasteiger partial charge in [-0.25, -0.2) is 0 Å². The van der Waals surface area contributed by atoms with Crippen molar-refractivity contribution >= 4 is 10.2 Å². The van der Waals surface area contributed by atoms with E-state index in [9.17, 15) is 8.42 Å². The predicted octanol–water partition coefficient (Wildman–Crippen LogP) is 0.255. The van der Waals surface area contributed by atoms with Crippen molar-refractivity contribution in [1.29, 1.82) is 0 Å². The van der Waals surface area contributed by atoms with Gasteiger partial charge in [-0.3, -0.25) is 0 Å². The largest absolute Gasteiger partial charge is 0.314 e. The van der Waals surface area contributed by atoms with Gasteiger partial charge >= 0.3 is 0 Å². The van der Waals surface area contributed by atoms with E-state index in [2.05, 4.69) is 5.32 Å². The van der Waals surface area contributed by atoms with Gasteiger partial charge in [0.05, 0.1) is 0 Å². The third-order valence-electron chi connectivity index (χ3n) is 3.05. The van der Waals surface area contributed by atoms with E-state index in [1.54, 1.807) is 4.31 Å². The minimum absolute atomic E-state index is 0.0225. The molecule has 1 rings (SSSR count). The summed E-state index contributed by atoms with van der Waals surface area (Å²) in [6, 6.07) is 0.0451. The van der Waals surface area contributed by atoms with Gasteiger partial charge in [0.25, 0.3) is 10.2 Å². The highest BCUT2D eigenvalue weighted by Crippen LogP contribution is 2.18. The molecule has 0 aromatic rings. The van der Waals surface area contributed by atoms with E-state index in [0.29, 0.717) is 13.1 Å². The van der Waals surface area contributed by atoms with Crippen LogP contribution in [0.25, 0.3) is 0 Å². The maximum atomic E-state index is 12.4. The van der Waals surface area contributed by atoms with Gasteiger partial charge in [0.15, 0.2) is 0 Å². The molecule has 5 nitrogen and oxygen atoms in total. The second-order valence-corrected chi connectivity index (χ2v) is 6.11. The van der Waals surface area contributed by atoms with Gasteiger partial charge in [-0.1, -0.05) is 13.8 Å². The van der Waals surface area contributed by atoms with Crippen molar-refractivity contribution in [3.05, 3.63) is 0 Å². The van der Waals surface area contributed by atoms with E-state index < -0.39 is 10.2 Å². The third kappa shape index (κ3) is 2.56. The molecule has 1 aliphatic rings. The Morgan fingerprint density at radius 3 is 2.00 bits per heavy atom. The highest BCUT2D eigenvalue weighted by molar-refractivity contribution is 7.86. The maximum absolute atomic E-state index is 12.4. The van der Waals surface area contributed by atoms with Gasteiger partial charge < -0.3 is 5.32 Å². The van der Waals surface area contributed by atoms with E-state index in [0.717, 1.165) is 13.1 Å². The molecule has 1 N–H and O–H groups in total. The summed E-state index contributed by atoms with van der Waals surface area (Å²) >= 11 is 0. The number of nitrogens with zero attached hydrogens (tertiary/aromatic N) is 2. The molecule has 2 unspecified atom stereocenters. The van der Waals surface area contributed by atoms with Crippen LogP contribution in [0.15, 0.2) is 0 Å². The summed E-state index contributed by atoms with van der Waals surface area (Å²) in [5.41, 5.74) is 0. The Morgan fingerprint density at radius 2 is 1.62 bits per heavy atom. The van der Waals surface area contributed by atoms with Crippen molar-refractivity contribution in [2.75, 3.05) is 26.2 Å². The van der Waals surface area contributed by atoms with Crippen molar-refractivity contribution in [1.82, 2.24) is 13.9 Å². The zero-order valence-electron chi connectivity index (χ0n) is 10.6. The Balaban J connectivity index is 2.96. The molecule has 0 aromatic carbocycles. The summed E-state index contributed by atoms with van der Waals surface area (Å²) in [5, 5.41) is 3.24. The van der Waals surface area contributed by atoms with Crippen molar-refractivity contribution in [3.8, 4) is 0 Å². The number of hydrogen-bond donors (Lipinski definition) is 1. The monoisotopic (exact) mass is 249 g/mol. The average molecular weight is 249 g/mol. The molecule has 0 amide bonds. The Bertz CT molecular complexity index is 304. The van der Waals surface area contributed by atoms with Crippen LogP contribution >= 0.6 is 0 Å². The molecule has 2 atom stereocenters. The van der Waals surface area contributed by atoms with E-state index in [1.165, 1.54) is 4.31 Å². The lowest BCUT2D eigenvalue weighted by Gasteiger charge is -2.40. The van der Waals surface area contributed by atoms with Crippen LogP contribution in [0.2, 0.25) is 0 Å². The summed E-state index contributed by atoms with van der Waals surface area (Å²) in [6.45, 7) is 10.2. The van der Waals surface area contributed by atoms with Gasteiger partial charge in [0, 0.05) is 38.3 Å². The summed E-state index contributed by atoms with van der Waals surface area (Å²) < 4.78 is 27.9. The van der Waals surface area contributed by atoms with Crippen LogP contribution in [-0.4, -0.2) is 55.3 Å². The van der Waals surface area contributed by atoms with Crippen LogP contribution in [0.5, 0.6) is 0 Å². The predicted molar refractivity (Wildman–Crippen MR) is 65.5 cm³/mol. The molecule has 0 bridgehead atoms. The summed E-state index contributed by atoms with van der Waals surface area (Å²) in [4.78, 5) is 0. The van der Waals surface area contributed by atoms with Crippen molar-refractivity contribution < 1.29 is 8.42 Å². The number of piperazine rings is 1. The molecular weight excluding hydrogens is 226 g/mol. The quantitative estimate of drug-likeness (QED) is 0.777. The van der Waals surface area contributed by atoms with E-state index in [4.69, 9.17) is 0 Å². The molecule has 0 aromatic heterocycles. The van der Waals surface area contributed by atoms with Gasteiger partial charge in [-0.2, -0.15) is 17.0 Å². The topological polar surface area (TPSA) is 52.7 Å². The molecule has 16 heavy (non-hydrogen) atoms. The van der Waals surface area contributed by atoms with Crippen molar-refractivity contribution in [3.63, 3.8) is 0 Å². The standard InChI is InChI=1S/C10H23N3O2S/c1-5-12(6-2)16(14,15)13-9(3)7-11-8-10(13)4/h9-11H,5-8H2,1-4H3. The summed E-state index contributed by atoms with van der Waals surface area (Å²) in [5.74, 6) is 0. The number of nitrogens with one attached hydrogen (secondary N) is 1. The van der Waals surface area contributed by atoms with E-state index in [1.807, 2.05) is 27.7 Å². The van der Waals surface area contributed by atoms with Crippen molar-refractivity contribution in [2.45, 2.75) is 39.8 Å². The van der Waals surface area contributed by atoms with Crippen LogP contribution < -0.4 is 5.32 Å². The molecule has 0 radical (unpaired) electrons. The molecule has 0 aliphatic carbocycles. The van der Waals surface area contributed by atoms with Gasteiger partial charge in [-0.15, -0.1) is 0 Å². The lowest BCUT2D eigenvalue weighted by molar-refractivity contribution is 0.204. The first-order valence-corrected chi connectivity index (χ1v) is 7.34. The first-order valence-electron chi connectivity index (χ1n) is 5.94. The first-order chi connectivity index (χ1) is 7.45. The molecule has 1 fully saturated rings. The van der Waals surface area contributed by atoms with Crippen LogP contribution in [0, 0.1) is 0 Å². The van der Waals surface area contributed by atoms with Crippen molar-refractivity contribution in [2.24, 2.45) is 0 Å². The average Bonchev–Trinajstić information content (AvgIpc) is 2.18. The lowest BCUT2D eigenvalue weighted by atomic mass is 10.2. The third-order valence-corrected chi connectivity index (χ3v) is 5.47. The smallest absolute Gasteiger partial charge is 0.282 e.